The van der Waals surface area contributed by atoms with Crippen LogP contribution in [-0.2, 0) is 9.84 Å². The average molecular weight is 264 g/mol. The molecule has 0 amide bonds. The molecule has 1 fully saturated rings. The summed E-state index contributed by atoms with van der Waals surface area (Å²) in [5.41, 5.74) is 1.28. The molecule has 0 aromatic heterocycles. The van der Waals surface area contributed by atoms with E-state index in [0.29, 0.717) is 12.0 Å². The lowest BCUT2D eigenvalue weighted by molar-refractivity contribution is 0.579. The molecule has 0 bridgehead atoms. The number of nitrogens with zero attached hydrogens (tertiary/aromatic N) is 1. The molecule has 2 atom stereocenters. The molecule has 0 heterocycles. The van der Waals surface area contributed by atoms with Crippen molar-refractivity contribution in [2.24, 2.45) is 0 Å². The summed E-state index contributed by atoms with van der Waals surface area (Å²) in [6.07, 6.45) is 3.72. The molecule has 1 saturated carbocycles. The Morgan fingerprint density at radius 2 is 2.06 bits per heavy atom. The second-order valence-corrected chi connectivity index (χ2v) is 6.97. The Labute approximate surface area is 108 Å². The van der Waals surface area contributed by atoms with Gasteiger partial charge >= 0.3 is 0 Å². The summed E-state index contributed by atoms with van der Waals surface area (Å²) >= 11 is 0. The van der Waals surface area contributed by atoms with Gasteiger partial charge < -0.3 is 5.32 Å². The third-order valence-electron chi connectivity index (χ3n) is 3.39. The Bertz CT molecular complexity index is 575. The van der Waals surface area contributed by atoms with Crippen molar-refractivity contribution in [3.05, 3.63) is 29.8 Å². The normalized spacial score (nSPS) is 23.6. The second-order valence-electron chi connectivity index (χ2n) is 4.71. The van der Waals surface area contributed by atoms with E-state index in [1.807, 2.05) is 12.1 Å². The molecule has 1 aliphatic carbocycles. The minimum absolute atomic E-state index is 0.0884. The molecule has 0 radical (unpaired) electrons. The number of nitrogens with one attached hydrogen (secondary N) is 1. The van der Waals surface area contributed by atoms with E-state index in [2.05, 4.69) is 11.4 Å². The van der Waals surface area contributed by atoms with Crippen molar-refractivity contribution < 1.29 is 8.42 Å². The van der Waals surface area contributed by atoms with Crippen LogP contribution in [0.3, 0.4) is 0 Å². The molecule has 0 aliphatic heterocycles. The van der Waals surface area contributed by atoms with Gasteiger partial charge in [-0.1, -0.05) is 12.1 Å². The minimum atomic E-state index is -3.04. The zero-order valence-corrected chi connectivity index (χ0v) is 11.1. The van der Waals surface area contributed by atoms with Crippen LogP contribution in [-0.4, -0.2) is 26.0 Å². The molecule has 1 N–H and O–H groups in total. The number of benzene rings is 1. The Morgan fingerprint density at radius 3 is 2.72 bits per heavy atom. The number of hydrogen-bond acceptors (Lipinski definition) is 4. The molecule has 0 saturated heterocycles. The van der Waals surface area contributed by atoms with Gasteiger partial charge in [0.05, 0.1) is 16.5 Å². The van der Waals surface area contributed by atoms with Crippen LogP contribution in [0.2, 0.25) is 0 Å². The van der Waals surface area contributed by atoms with Gasteiger partial charge in [0.25, 0.3) is 0 Å². The zero-order valence-electron chi connectivity index (χ0n) is 10.3. The fraction of sp³-hybridized carbons (Fsp3) is 0.462. The smallest absolute Gasteiger partial charge is 0.152 e. The summed E-state index contributed by atoms with van der Waals surface area (Å²) in [4.78, 5) is 0. The van der Waals surface area contributed by atoms with E-state index in [0.717, 1.165) is 18.5 Å². The lowest BCUT2D eigenvalue weighted by atomic mass is 10.1. The summed E-state index contributed by atoms with van der Waals surface area (Å²) in [5, 5.41) is 11.9. The van der Waals surface area contributed by atoms with Crippen LogP contribution in [0, 0.1) is 11.3 Å². The van der Waals surface area contributed by atoms with E-state index in [4.69, 9.17) is 5.26 Å². The molecule has 1 aliphatic rings. The molecule has 0 spiro atoms. The highest BCUT2D eigenvalue weighted by Gasteiger charge is 2.34. The SMILES string of the molecule is CS(=O)(=O)C1CCCC1Nc1ccccc1C#N. The van der Waals surface area contributed by atoms with E-state index in [9.17, 15) is 8.42 Å². The van der Waals surface area contributed by atoms with Crippen LogP contribution in [0.25, 0.3) is 0 Å². The summed E-state index contributed by atoms with van der Waals surface area (Å²) < 4.78 is 23.4. The molecule has 2 rings (SSSR count). The van der Waals surface area contributed by atoms with Gasteiger partial charge in [-0.15, -0.1) is 0 Å². The van der Waals surface area contributed by atoms with E-state index >= 15 is 0 Å². The van der Waals surface area contributed by atoms with Crippen LogP contribution in [0.4, 0.5) is 5.69 Å². The van der Waals surface area contributed by atoms with Gasteiger partial charge in [0, 0.05) is 12.3 Å². The van der Waals surface area contributed by atoms with Crippen LogP contribution in [0.15, 0.2) is 24.3 Å². The van der Waals surface area contributed by atoms with Crippen molar-refractivity contribution in [2.45, 2.75) is 30.6 Å². The molecular formula is C13H16N2O2S. The van der Waals surface area contributed by atoms with Crippen molar-refractivity contribution in [3.63, 3.8) is 0 Å². The van der Waals surface area contributed by atoms with Gasteiger partial charge in [-0.2, -0.15) is 5.26 Å². The molecule has 5 heteroatoms. The van der Waals surface area contributed by atoms with Crippen molar-refractivity contribution >= 4 is 15.5 Å². The number of sulfone groups is 1. The van der Waals surface area contributed by atoms with Gasteiger partial charge in [-0.05, 0) is 31.4 Å². The third-order valence-corrected chi connectivity index (χ3v) is 5.06. The van der Waals surface area contributed by atoms with Crippen molar-refractivity contribution in [3.8, 4) is 6.07 Å². The fourth-order valence-electron chi connectivity index (χ4n) is 2.51. The lowest BCUT2D eigenvalue weighted by Crippen LogP contribution is -2.34. The summed E-state index contributed by atoms with van der Waals surface area (Å²) in [5.74, 6) is 0. The standard InChI is InChI=1S/C13H16N2O2S/c1-18(16,17)13-8-4-7-12(13)15-11-6-3-2-5-10(11)9-14/h2-3,5-6,12-13,15H,4,7-8H2,1H3. The van der Waals surface area contributed by atoms with E-state index in [-0.39, 0.29) is 11.3 Å². The first kappa shape index (κ1) is 12.9. The van der Waals surface area contributed by atoms with Gasteiger partial charge in [0.1, 0.15) is 6.07 Å². The first-order chi connectivity index (χ1) is 8.52. The van der Waals surface area contributed by atoms with E-state index in [1.165, 1.54) is 6.26 Å². The molecule has 4 nitrogen and oxygen atoms in total. The molecule has 1 aromatic carbocycles. The quantitative estimate of drug-likeness (QED) is 0.905. The van der Waals surface area contributed by atoms with E-state index < -0.39 is 9.84 Å². The molecule has 2 unspecified atom stereocenters. The van der Waals surface area contributed by atoms with Gasteiger partial charge in [-0.3, -0.25) is 0 Å². The first-order valence-corrected chi connectivity index (χ1v) is 7.92. The first-order valence-electron chi connectivity index (χ1n) is 5.97. The Kier molecular flexibility index (Phi) is 3.58. The summed E-state index contributed by atoms with van der Waals surface area (Å²) in [6, 6.07) is 9.21. The van der Waals surface area contributed by atoms with Crippen molar-refractivity contribution in [1.82, 2.24) is 0 Å². The summed E-state index contributed by atoms with van der Waals surface area (Å²) in [7, 11) is -3.04. The molecule has 1 aromatic rings. The van der Waals surface area contributed by atoms with Gasteiger partial charge in [0.15, 0.2) is 9.84 Å². The molecular weight excluding hydrogens is 248 g/mol. The van der Waals surface area contributed by atoms with Gasteiger partial charge in [0.2, 0.25) is 0 Å². The minimum Gasteiger partial charge on any atom is -0.380 e. The fourth-order valence-corrected chi connectivity index (χ4v) is 3.91. The maximum atomic E-state index is 11.7. The maximum Gasteiger partial charge on any atom is 0.152 e. The van der Waals surface area contributed by atoms with Crippen molar-refractivity contribution in [2.75, 3.05) is 11.6 Å². The zero-order chi connectivity index (χ0) is 13.2. The second kappa shape index (κ2) is 4.99. The number of rotatable bonds is 3. The Hall–Kier alpha value is -1.54. The van der Waals surface area contributed by atoms with Crippen LogP contribution in [0.1, 0.15) is 24.8 Å². The molecule has 18 heavy (non-hydrogen) atoms. The number of anilines is 1. The van der Waals surface area contributed by atoms with Crippen molar-refractivity contribution in [1.29, 1.82) is 5.26 Å². The Balaban J connectivity index is 2.22. The number of nitriles is 1. The predicted molar refractivity (Wildman–Crippen MR) is 71.1 cm³/mol. The highest BCUT2D eigenvalue weighted by molar-refractivity contribution is 7.91. The van der Waals surface area contributed by atoms with Crippen LogP contribution >= 0.6 is 0 Å². The third kappa shape index (κ3) is 2.65. The highest BCUT2D eigenvalue weighted by Crippen LogP contribution is 2.28. The van der Waals surface area contributed by atoms with Crippen LogP contribution in [0.5, 0.6) is 0 Å². The van der Waals surface area contributed by atoms with Gasteiger partial charge in [-0.25, -0.2) is 8.42 Å². The predicted octanol–water partition coefficient (Wildman–Crippen LogP) is 1.94. The number of para-hydroxylation sites is 1. The topological polar surface area (TPSA) is 70.0 Å². The monoisotopic (exact) mass is 264 g/mol. The Morgan fingerprint density at radius 1 is 1.33 bits per heavy atom. The van der Waals surface area contributed by atoms with Crippen LogP contribution < -0.4 is 5.32 Å². The number of hydrogen-bond donors (Lipinski definition) is 1. The lowest BCUT2D eigenvalue weighted by Gasteiger charge is -2.21. The summed E-state index contributed by atoms with van der Waals surface area (Å²) in [6.45, 7) is 0. The van der Waals surface area contributed by atoms with E-state index in [1.54, 1.807) is 12.1 Å². The maximum absolute atomic E-state index is 11.7. The molecule has 96 valence electrons. The highest BCUT2D eigenvalue weighted by atomic mass is 32.2. The average Bonchev–Trinajstić information content (AvgIpc) is 2.78. The largest absolute Gasteiger partial charge is 0.380 e.